The lowest BCUT2D eigenvalue weighted by Crippen LogP contribution is -2.45. The van der Waals surface area contributed by atoms with Gasteiger partial charge in [0.25, 0.3) is 0 Å². The number of amides is 1. The fraction of sp³-hybridized carbons (Fsp3) is 0.706. The summed E-state index contributed by atoms with van der Waals surface area (Å²) in [6.07, 6.45) is 4.55. The summed E-state index contributed by atoms with van der Waals surface area (Å²) in [6, 6.07) is 2.11. The van der Waals surface area contributed by atoms with E-state index in [-0.39, 0.29) is 18.6 Å². The van der Waals surface area contributed by atoms with Crippen LogP contribution in [0.1, 0.15) is 49.1 Å². The van der Waals surface area contributed by atoms with Gasteiger partial charge in [-0.25, -0.2) is 0 Å². The molecule has 6 nitrogen and oxygen atoms in total. The van der Waals surface area contributed by atoms with Crippen molar-refractivity contribution in [1.82, 2.24) is 14.7 Å². The highest BCUT2D eigenvalue weighted by Crippen LogP contribution is 2.20. The fourth-order valence-electron chi connectivity index (χ4n) is 3.36. The third-order valence-corrected chi connectivity index (χ3v) is 4.71. The molecule has 0 radical (unpaired) electrons. The number of aryl methyl sites for hydroxylation is 2. The van der Waals surface area contributed by atoms with Gasteiger partial charge in [-0.2, -0.15) is 10.4 Å². The molecule has 0 saturated carbocycles. The molecule has 1 aliphatic heterocycles. The van der Waals surface area contributed by atoms with Crippen LogP contribution in [0, 0.1) is 25.2 Å². The number of hydrogen-bond donors (Lipinski definition) is 1. The molecule has 0 aliphatic carbocycles. The number of nitriles is 1. The minimum Gasteiger partial charge on any atom is -0.394 e. The van der Waals surface area contributed by atoms with Crippen LogP contribution in [0.3, 0.4) is 0 Å². The van der Waals surface area contributed by atoms with Gasteiger partial charge < -0.3 is 10.0 Å². The first kappa shape index (κ1) is 17.5. The molecule has 2 rings (SSSR count). The first-order valence-electron chi connectivity index (χ1n) is 8.38. The Balaban J connectivity index is 1.99. The Hall–Kier alpha value is -1.87. The molecular formula is C17H26N4O2. The third kappa shape index (κ3) is 4.11. The lowest BCUT2D eigenvalue weighted by Gasteiger charge is -2.34. The van der Waals surface area contributed by atoms with Gasteiger partial charge in [-0.3, -0.25) is 9.48 Å². The molecule has 126 valence electrons. The van der Waals surface area contributed by atoms with Gasteiger partial charge in [0.1, 0.15) is 0 Å². The lowest BCUT2D eigenvalue weighted by molar-refractivity contribution is -0.135. The Bertz CT molecular complexity index is 588. The molecule has 1 aromatic heterocycles. The van der Waals surface area contributed by atoms with Gasteiger partial charge in [-0.15, -0.1) is 0 Å². The van der Waals surface area contributed by atoms with E-state index in [1.54, 1.807) is 0 Å². The molecule has 0 bridgehead atoms. The maximum Gasteiger partial charge on any atom is 0.223 e. The van der Waals surface area contributed by atoms with Gasteiger partial charge >= 0.3 is 0 Å². The number of nitrogens with zero attached hydrogens (tertiary/aromatic N) is 4. The summed E-state index contributed by atoms with van der Waals surface area (Å²) in [6.45, 7) is 5.34. The predicted octanol–water partition coefficient (Wildman–Crippen LogP) is 1.72. The molecule has 1 saturated heterocycles. The van der Waals surface area contributed by atoms with Crippen LogP contribution in [-0.2, 0) is 17.8 Å². The number of aliphatic hydroxyl groups is 1. The zero-order valence-electron chi connectivity index (χ0n) is 14.1. The average molecular weight is 318 g/mol. The van der Waals surface area contributed by atoms with Gasteiger partial charge in [0.2, 0.25) is 5.91 Å². The summed E-state index contributed by atoms with van der Waals surface area (Å²) in [4.78, 5) is 14.3. The van der Waals surface area contributed by atoms with Crippen LogP contribution in [-0.4, -0.2) is 44.9 Å². The Morgan fingerprint density at radius 1 is 1.43 bits per heavy atom. The van der Waals surface area contributed by atoms with E-state index < -0.39 is 0 Å². The Kier molecular flexibility index (Phi) is 6.17. The molecule has 1 aromatic rings. The van der Waals surface area contributed by atoms with E-state index in [9.17, 15) is 9.90 Å². The van der Waals surface area contributed by atoms with Crippen molar-refractivity contribution in [3.63, 3.8) is 0 Å². The van der Waals surface area contributed by atoms with E-state index in [0.717, 1.165) is 42.8 Å². The number of carbonyl (C=O) groups is 1. The molecule has 1 aliphatic rings. The maximum atomic E-state index is 12.5. The van der Waals surface area contributed by atoms with Crippen LogP contribution in [0.4, 0.5) is 0 Å². The smallest absolute Gasteiger partial charge is 0.223 e. The van der Waals surface area contributed by atoms with E-state index in [1.807, 2.05) is 23.4 Å². The van der Waals surface area contributed by atoms with Gasteiger partial charge in [-0.1, -0.05) is 0 Å². The molecule has 1 fully saturated rings. The maximum absolute atomic E-state index is 12.5. The number of carbonyl (C=O) groups excluding carboxylic acids is 1. The quantitative estimate of drug-likeness (QED) is 0.866. The van der Waals surface area contributed by atoms with Crippen LogP contribution in [0.2, 0.25) is 0 Å². The summed E-state index contributed by atoms with van der Waals surface area (Å²) < 4.78 is 1.86. The van der Waals surface area contributed by atoms with E-state index in [4.69, 9.17) is 5.26 Å². The average Bonchev–Trinajstić information content (AvgIpc) is 2.84. The highest BCUT2D eigenvalue weighted by atomic mass is 16.3. The van der Waals surface area contributed by atoms with Crippen molar-refractivity contribution in [2.24, 2.45) is 0 Å². The normalized spacial score (nSPS) is 18.0. The second kappa shape index (κ2) is 8.11. The number of hydrogen-bond acceptors (Lipinski definition) is 4. The Labute approximate surface area is 137 Å². The van der Waals surface area contributed by atoms with Crippen molar-refractivity contribution < 1.29 is 9.90 Å². The standard InChI is InChI=1S/C17H26N4O2/c1-13-16(14(2)21(19-13)11-5-9-18)7-8-17(23)20-10-4-3-6-15(20)12-22/h15,22H,3-8,10-12H2,1-2H3. The molecular weight excluding hydrogens is 292 g/mol. The molecule has 1 amide bonds. The number of aromatic nitrogens is 2. The number of rotatable bonds is 6. The number of aliphatic hydroxyl groups excluding tert-OH is 1. The number of likely N-dealkylation sites (tertiary alicyclic amines) is 1. The second-order valence-corrected chi connectivity index (χ2v) is 6.20. The molecule has 0 spiro atoms. The van der Waals surface area contributed by atoms with Crippen molar-refractivity contribution in [3.8, 4) is 6.07 Å². The predicted molar refractivity (Wildman–Crippen MR) is 86.7 cm³/mol. The van der Waals surface area contributed by atoms with Crippen LogP contribution < -0.4 is 0 Å². The van der Waals surface area contributed by atoms with Crippen LogP contribution in [0.15, 0.2) is 0 Å². The monoisotopic (exact) mass is 318 g/mol. The van der Waals surface area contributed by atoms with Crippen LogP contribution in [0.25, 0.3) is 0 Å². The van der Waals surface area contributed by atoms with Crippen molar-refractivity contribution in [2.45, 2.75) is 65.0 Å². The second-order valence-electron chi connectivity index (χ2n) is 6.20. The minimum atomic E-state index is -0.0169. The first-order chi connectivity index (χ1) is 11.1. The van der Waals surface area contributed by atoms with Gasteiger partial charge in [0, 0.05) is 18.7 Å². The summed E-state index contributed by atoms with van der Waals surface area (Å²) in [5.74, 6) is 0.118. The molecule has 23 heavy (non-hydrogen) atoms. The minimum absolute atomic E-state index is 0.0169. The van der Waals surface area contributed by atoms with E-state index >= 15 is 0 Å². The molecule has 2 heterocycles. The van der Waals surface area contributed by atoms with Crippen LogP contribution >= 0.6 is 0 Å². The van der Waals surface area contributed by atoms with E-state index in [2.05, 4.69) is 11.2 Å². The third-order valence-electron chi connectivity index (χ3n) is 4.71. The van der Waals surface area contributed by atoms with Gasteiger partial charge in [0.15, 0.2) is 0 Å². The highest BCUT2D eigenvalue weighted by molar-refractivity contribution is 5.77. The topological polar surface area (TPSA) is 82.2 Å². The molecule has 0 aromatic carbocycles. The molecule has 1 N–H and O–H groups in total. The summed E-state index contributed by atoms with van der Waals surface area (Å²) in [5, 5.41) is 22.6. The van der Waals surface area contributed by atoms with Crippen molar-refractivity contribution in [1.29, 1.82) is 5.26 Å². The van der Waals surface area contributed by atoms with E-state index in [1.165, 1.54) is 0 Å². The lowest BCUT2D eigenvalue weighted by atomic mass is 10.0. The first-order valence-corrected chi connectivity index (χ1v) is 8.38. The Morgan fingerprint density at radius 3 is 2.91 bits per heavy atom. The van der Waals surface area contributed by atoms with Crippen LogP contribution in [0.5, 0.6) is 0 Å². The molecule has 1 unspecified atom stereocenters. The fourth-order valence-corrected chi connectivity index (χ4v) is 3.36. The number of piperidine rings is 1. The SMILES string of the molecule is Cc1nn(CCC#N)c(C)c1CCC(=O)N1CCCCC1CO. The van der Waals surface area contributed by atoms with Gasteiger partial charge in [-0.05, 0) is 45.1 Å². The van der Waals surface area contributed by atoms with Gasteiger partial charge in [0.05, 0.1) is 37.4 Å². The van der Waals surface area contributed by atoms with Crippen molar-refractivity contribution in [2.75, 3.05) is 13.2 Å². The van der Waals surface area contributed by atoms with Crippen molar-refractivity contribution in [3.05, 3.63) is 17.0 Å². The summed E-state index contributed by atoms with van der Waals surface area (Å²) >= 11 is 0. The molecule has 6 heteroatoms. The Morgan fingerprint density at radius 2 is 2.22 bits per heavy atom. The summed E-state index contributed by atoms with van der Waals surface area (Å²) in [5.41, 5.74) is 3.09. The largest absolute Gasteiger partial charge is 0.394 e. The molecule has 1 atom stereocenters. The highest BCUT2D eigenvalue weighted by Gasteiger charge is 2.26. The van der Waals surface area contributed by atoms with Crippen molar-refractivity contribution >= 4 is 5.91 Å². The van der Waals surface area contributed by atoms with E-state index in [0.29, 0.717) is 25.8 Å². The zero-order valence-corrected chi connectivity index (χ0v) is 14.1. The summed E-state index contributed by atoms with van der Waals surface area (Å²) in [7, 11) is 0. The zero-order chi connectivity index (χ0) is 16.8.